The molecule has 0 bridgehead atoms. The van der Waals surface area contributed by atoms with Crippen molar-refractivity contribution >= 4 is 33.2 Å². The number of nitrogens with one attached hydrogen (secondary N) is 3. The highest BCUT2D eigenvalue weighted by molar-refractivity contribution is 9.10. The van der Waals surface area contributed by atoms with Crippen LogP contribution in [-0.2, 0) is 6.42 Å². The van der Waals surface area contributed by atoms with Gasteiger partial charge in [0.1, 0.15) is 10.2 Å². The standard InChI is InChI=1S/C19H24BrClN4O2/c20-16-17(23-12-14-3-1-9-22-11-14)19(25-24-18(16)26)27-10-2-4-13-5-7-15(21)8-6-13/h5-8,14,22H,1-4,9-12H2,(H2,23,24,26). The Labute approximate surface area is 172 Å². The first-order valence-electron chi connectivity index (χ1n) is 9.23. The zero-order chi connectivity index (χ0) is 19.1. The third-order valence-corrected chi connectivity index (χ3v) is 5.63. The van der Waals surface area contributed by atoms with E-state index in [1.165, 1.54) is 18.4 Å². The number of rotatable bonds is 8. The molecule has 2 aromatic rings. The van der Waals surface area contributed by atoms with Crippen molar-refractivity contribution in [2.24, 2.45) is 5.92 Å². The van der Waals surface area contributed by atoms with Crippen molar-refractivity contribution < 1.29 is 4.74 Å². The molecule has 0 radical (unpaired) electrons. The maximum Gasteiger partial charge on any atom is 0.280 e. The minimum atomic E-state index is -0.271. The predicted molar refractivity (Wildman–Crippen MR) is 112 cm³/mol. The Morgan fingerprint density at radius 3 is 2.89 bits per heavy atom. The molecule has 0 aliphatic carbocycles. The first kappa shape index (κ1) is 20.2. The summed E-state index contributed by atoms with van der Waals surface area (Å²) in [4.78, 5) is 11.9. The molecule has 0 saturated carbocycles. The number of anilines is 1. The molecule has 1 saturated heterocycles. The molecule has 146 valence electrons. The van der Waals surface area contributed by atoms with Crippen LogP contribution in [0.4, 0.5) is 5.69 Å². The molecule has 3 rings (SSSR count). The summed E-state index contributed by atoms with van der Waals surface area (Å²) < 4.78 is 6.27. The summed E-state index contributed by atoms with van der Waals surface area (Å²) in [5.74, 6) is 0.948. The minimum Gasteiger partial charge on any atom is -0.475 e. The van der Waals surface area contributed by atoms with Crippen LogP contribution in [0.15, 0.2) is 33.5 Å². The molecule has 1 aromatic carbocycles. The SMILES string of the molecule is O=c1[nH]nc(OCCCc2ccc(Cl)cc2)c(NCC2CCCNC2)c1Br. The van der Waals surface area contributed by atoms with Crippen molar-refractivity contribution in [1.82, 2.24) is 15.5 Å². The zero-order valence-corrected chi connectivity index (χ0v) is 17.4. The smallest absolute Gasteiger partial charge is 0.280 e. The molecule has 1 aliphatic heterocycles. The van der Waals surface area contributed by atoms with Gasteiger partial charge in [0.15, 0.2) is 0 Å². The van der Waals surface area contributed by atoms with Crippen molar-refractivity contribution in [2.45, 2.75) is 25.7 Å². The lowest BCUT2D eigenvalue weighted by molar-refractivity contribution is 0.296. The van der Waals surface area contributed by atoms with Crippen LogP contribution >= 0.6 is 27.5 Å². The minimum absolute atomic E-state index is 0.271. The second-order valence-electron chi connectivity index (χ2n) is 6.72. The number of H-pyrrole nitrogens is 1. The van der Waals surface area contributed by atoms with Crippen LogP contribution in [0.3, 0.4) is 0 Å². The van der Waals surface area contributed by atoms with Gasteiger partial charge in [-0.25, -0.2) is 5.10 Å². The summed E-state index contributed by atoms with van der Waals surface area (Å²) in [6.45, 7) is 3.35. The molecule has 1 fully saturated rings. The number of aromatic nitrogens is 2. The van der Waals surface area contributed by atoms with E-state index < -0.39 is 0 Å². The summed E-state index contributed by atoms with van der Waals surface area (Å²) in [7, 11) is 0. The van der Waals surface area contributed by atoms with E-state index in [1.807, 2.05) is 24.3 Å². The lowest BCUT2D eigenvalue weighted by Gasteiger charge is -2.24. The van der Waals surface area contributed by atoms with Crippen LogP contribution in [0.1, 0.15) is 24.8 Å². The van der Waals surface area contributed by atoms with Crippen LogP contribution in [-0.4, -0.2) is 36.4 Å². The van der Waals surface area contributed by atoms with Gasteiger partial charge in [0, 0.05) is 11.6 Å². The highest BCUT2D eigenvalue weighted by Crippen LogP contribution is 2.28. The maximum absolute atomic E-state index is 11.9. The van der Waals surface area contributed by atoms with Crippen LogP contribution in [0.2, 0.25) is 5.02 Å². The van der Waals surface area contributed by atoms with Gasteiger partial charge in [0.05, 0.1) is 6.61 Å². The van der Waals surface area contributed by atoms with E-state index in [4.69, 9.17) is 16.3 Å². The molecule has 1 aliphatic rings. The Balaban J connectivity index is 1.56. The summed E-state index contributed by atoms with van der Waals surface area (Å²) in [6.07, 6.45) is 4.07. The van der Waals surface area contributed by atoms with Crippen molar-refractivity contribution in [2.75, 3.05) is 31.6 Å². The molecule has 1 atom stereocenters. The lowest BCUT2D eigenvalue weighted by atomic mass is 10.00. The van der Waals surface area contributed by atoms with E-state index in [-0.39, 0.29) is 5.56 Å². The summed E-state index contributed by atoms with van der Waals surface area (Å²) >= 11 is 9.26. The second kappa shape index (κ2) is 10.1. The number of piperidine rings is 1. The van der Waals surface area contributed by atoms with Crippen LogP contribution in [0.25, 0.3) is 0 Å². The third-order valence-electron chi connectivity index (χ3n) is 4.62. The van der Waals surface area contributed by atoms with Crippen LogP contribution < -0.4 is 20.9 Å². The number of hydrogen-bond donors (Lipinski definition) is 3. The molecule has 3 N–H and O–H groups in total. The fraction of sp³-hybridized carbons (Fsp3) is 0.474. The molecular weight excluding hydrogens is 432 g/mol. The van der Waals surface area contributed by atoms with Gasteiger partial charge in [-0.2, -0.15) is 0 Å². The fourth-order valence-corrected chi connectivity index (χ4v) is 3.64. The van der Waals surface area contributed by atoms with E-state index in [0.29, 0.717) is 28.6 Å². The number of benzene rings is 1. The first-order chi connectivity index (χ1) is 13.1. The van der Waals surface area contributed by atoms with Crippen molar-refractivity contribution in [3.05, 3.63) is 49.7 Å². The predicted octanol–water partition coefficient (Wildman–Crippen LogP) is 3.61. The molecule has 1 unspecified atom stereocenters. The quantitative estimate of drug-likeness (QED) is 0.530. The Morgan fingerprint density at radius 2 is 2.15 bits per heavy atom. The van der Waals surface area contributed by atoms with Crippen LogP contribution in [0, 0.1) is 5.92 Å². The zero-order valence-electron chi connectivity index (χ0n) is 15.1. The van der Waals surface area contributed by atoms with E-state index in [0.717, 1.165) is 37.5 Å². The Morgan fingerprint density at radius 1 is 1.33 bits per heavy atom. The summed E-state index contributed by atoms with van der Waals surface area (Å²) in [6, 6.07) is 7.81. The molecular formula is C19H24BrClN4O2. The fourth-order valence-electron chi connectivity index (χ4n) is 3.11. The molecule has 2 heterocycles. The first-order valence-corrected chi connectivity index (χ1v) is 10.4. The lowest BCUT2D eigenvalue weighted by Crippen LogP contribution is -2.33. The van der Waals surface area contributed by atoms with E-state index in [9.17, 15) is 4.79 Å². The third kappa shape index (κ3) is 5.96. The van der Waals surface area contributed by atoms with Gasteiger partial charge in [0.2, 0.25) is 0 Å². The van der Waals surface area contributed by atoms with Crippen molar-refractivity contribution in [1.29, 1.82) is 0 Å². The van der Waals surface area contributed by atoms with E-state index in [2.05, 4.69) is 36.8 Å². The molecule has 27 heavy (non-hydrogen) atoms. The van der Waals surface area contributed by atoms with Crippen LogP contribution in [0.5, 0.6) is 5.88 Å². The Bertz CT molecular complexity index is 791. The number of ether oxygens (including phenoxy) is 1. The normalized spacial score (nSPS) is 16.9. The van der Waals surface area contributed by atoms with Crippen molar-refractivity contribution in [3.8, 4) is 5.88 Å². The largest absolute Gasteiger partial charge is 0.475 e. The average Bonchev–Trinajstić information content (AvgIpc) is 2.69. The molecule has 8 heteroatoms. The molecule has 1 aromatic heterocycles. The number of hydrogen-bond acceptors (Lipinski definition) is 5. The van der Waals surface area contributed by atoms with Gasteiger partial charge in [0.25, 0.3) is 11.4 Å². The monoisotopic (exact) mass is 454 g/mol. The van der Waals surface area contributed by atoms with Gasteiger partial charge in [-0.1, -0.05) is 23.7 Å². The summed E-state index contributed by atoms with van der Waals surface area (Å²) in [5, 5.41) is 14.0. The number of halogens is 2. The van der Waals surface area contributed by atoms with E-state index >= 15 is 0 Å². The maximum atomic E-state index is 11.9. The number of nitrogens with zero attached hydrogens (tertiary/aromatic N) is 1. The molecule has 6 nitrogen and oxygen atoms in total. The highest BCUT2D eigenvalue weighted by Gasteiger charge is 2.17. The van der Waals surface area contributed by atoms with Gasteiger partial charge >= 0.3 is 0 Å². The number of aromatic amines is 1. The average molecular weight is 456 g/mol. The molecule has 0 spiro atoms. The number of aryl methyl sites for hydroxylation is 1. The Hall–Kier alpha value is -1.57. The van der Waals surface area contributed by atoms with Crippen molar-refractivity contribution in [3.63, 3.8) is 0 Å². The topological polar surface area (TPSA) is 79.0 Å². The highest BCUT2D eigenvalue weighted by atomic mass is 79.9. The molecule has 0 amide bonds. The van der Waals surface area contributed by atoms with Gasteiger partial charge in [-0.05, 0) is 78.3 Å². The van der Waals surface area contributed by atoms with Gasteiger partial charge < -0.3 is 15.4 Å². The van der Waals surface area contributed by atoms with Gasteiger partial charge in [-0.15, -0.1) is 5.10 Å². The van der Waals surface area contributed by atoms with Gasteiger partial charge in [-0.3, -0.25) is 4.79 Å². The Kier molecular flexibility index (Phi) is 7.55. The van der Waals surface area contributed by atoms with E-state index in [1.54, 1.807) is 0 Å². The summed E-state index contributed by atoms with van der Waals surface area (Å²) in [5.41, 5.74) is 1.56. The second-order valence-corrected chi connectivity index (χ2v) is 7.95.